The van der Waals surface area contributed by atoms with Crippen LogP contribution in [0.2, 0.25) is 0 Å². The summed E-state index contributed by atoms with van der Waals surface area (Å²) < 4.78 is 0. The third kappa shape index (κ3) is 3.27. The first-order valence-corrected chi connectivity index (χ1v) is 3.11. The van der Waals surface area contributed by atoms with Crippen molar-refractivity contribution in [2.75, 3.05) is 6.54 Å². The lowest BCUT2D eigenvalue weighted by atomic mass is 10.2. The number of carbonyl (C=O) groups is 1. The lowest BCUT2D eigenvalue weighted by molar-refractivity contribution is -0.114. The van der Waals surface area contributed by atoms with Crippen LogP contribution >= 0.6 is 11.6 Å². The Morgan fingerprint density at radius 1 is 1.60 bits per heavy atom. The van der Waals surface area contributed by atoms with Gasteiger partial charge in [-0.2, -0.15) is 0 Å². The SMILES string of the molecule is NC/C(=C\C=CCl)C(N)=O. The van der Waals surface area contributed by atoms with Gasteiger partial charge in [0.05, 0.1) is 0 Å². The van der Waals surface area contributed by atoms with Crippen LogP contribution in [-0.4, -0.2) is 12.5 Å². The van der Waals surface area contributed by atoms with Crippen molar-refractivity contribution < 1.29 is 4.79 Å². The minimum atomic E-state index is -0.516. The van der Waals surface area contributed by atoms with Crippen LogP contribution in [0.5, 0.6) is 0 Å². The van der Waals surface area contributed by atoms with Gasteiger partial charge < -0.3 is 11.5 Å². The molecule has 0 radical (unpaired) electrons. The molecule has 0 atom stereocenters. The summed E-state index contributed by atoms with van der Waals surface area (Å²) in [4.78, 5) is 10.4. The number of amides is 1. The van der Waals surface area contributed by atoms with Gasteiger partial charge in [0.1, 0.15) is 0 Å². The van der Waals surface area contributed by atoms with E-state index in [0.717, 1.165) is 0 Å². The standard InChI is InChI=1S/C6H9ClN2O/c7-3-1-2-5(4-8)6(9)10/h1-3H,4,8H2,(H2,9,10)/b3-1?,5-2+. The zero-order chi connectivity index (χ0) is 7.98. The Kier molecular flexibility index (Phi) is 4.62. The molecule has 0 spiro atoms. The molecular formula is C6H9ClN2O. The van der Waals surface area contributed by atoms with Gasteiger partial charge in [-0.15, -0.1) is 0 Å². The van der Waals surface area contributed by atoms with Gasteiger partial charge in [0, 0.05) is 17.7 Å². The summed E-state index contributed by atoms with van der Waals surface area (Å²) in [5, 5.41) is 0. The highest BCUT2D eigenvalue weighted by Crippen LogP contribution is 1.90. The number of carbonyl (C=O) groups excluding carboxylic acids is 1. The van der Waals surface area contributed by atoms with E-state index in [-0.39, 0.29) is 6.54 Å². The molecule has 10 heavy (non-hydrogen) atoms. The lowest BCUT2D eigenvalue weighted by Gasteiger charge is -1.93. The quantitative estimate of drug-likeness (QED) is 0.455. The molecule has 1 amide bonds. The summed E-state index contributed by atoms with van der Waals surface area (Å²) in [6.07, 6.45) is 2.98. The van der Waals surface area contributed by atoms with Crippen LogP contribution in [0, 0.1) is 0 Å². The van der Waals surface area contributed by atoms with Crippen molar-refractivity contribution in [3.05, 3.63) is 23.3 Å². The topological polar surface area (TPSA) is 69.1 Å². The third-order valence-corrected chi connectivity index (χ3v) is 1.05. The van der Waals surface area contributed by atoms with Crippen LogP contribution in [0.4, 0.5) is 0 Å². The lowest BCUT2D eigenvalue weighted by Crippen LogP contribution is -2.20. The molecule has 0 aliphatic carbocycles. The van der Waals surface area contributed by atoms with E-state index in [2.05, 4.69) is 0 Å². The molecule has 4 heteroatoms. The molecule has 4 N–H and O–H groups in total. The summed E-state index contributed by atoms with van der Waals surface area (Å²) in [7, 11) is 0. The van der Waals surface area contributed by atoms with Crippen LogP contribution in [0.1, 0.15) is 0 Å². The third-order valence-electron chi connectivity index (χ3n) is 0.907. The fraction of sp³-hybridized carbons (Fsp3) is 0.167. The molecule has 0 heterocycles. The van der Waals surface area contributed by atoms with E-state index in [0.29, 0.717) is 5.57 Å². The molecule has 0 aromatic rings. The van der Waals surface area contributed by atoms with Gasteiger partial charge in [-0.05, 0) is 0 Å². The number of nitrogens with two attached hydrogens (primary N) is 2. The van der Waals surface area contributed by atoms with E-state index < -0.39 is 5.91 Å². The monoisotopic (exact) mass is 160 g/mol. The predicted molar refractivity (Wildman–Crippen MR) is 41.3 cm³/mol. The number of hydrogen-bond acceptors (Lipinski definition) is 2. The highest BCUT2D eigenvalue weighted by molar-refractivity contribution is 6.25. The van der Waals surface area contributed by atoms with Gasteiger partial charge in [-0.1, -0.05) is 23.8 Å². The molecule has 0 aromatic carbocycles. The molecular weight excluding hydrogens is 152 g/mol. The Hall–Kier alpha value is -0.800. The molecule has 3 nitrogen and oxygen atoms in total. The van der Waals surface area contributed by atoms with Gasteiger partial charge in [-0.3, -0.25) is 4.79 Å². The Bertz CT molecular complexity index is 175. The summed E-state index contributed by atoms with van der Waals surface area (Å²) in [6.45, 7) is 0.135. The molecule has 0 bridgehead atoms. The smallest absolute Gasteiger partial charge is 0.245 e. The van der Waals surface area contributed by atoms with Gasteiger partial charge in [0.25, 0.3) is 0 Å². The van der Waals surface area contributed by atoms with E-state index in [1.165, 1.54) is 17.7 Å². The summed E-state index contributed by atoms with van der Waals surface area (Å²) in [5.41, 5.74) is 11.7. The van der Waals surface area contributed by atoms with Crippen LogP contribution < -0.4 is 11.5 Å². The van der Waals surface area contributed by atoms with E-state index >= 15 is 0 Å². The first-order chi connectivity index (χ1) is 4.72. The highest BCUT2D eigenvalue weighted by Gasteiger charge is 1.98. The number of allylic oxidation sites excluding steroid dienone is 2. The molecule has 0 fully saturated rings. The number of hydrogen-bond donors (Lipinski definition) is 2. The van der Waals surface area contributed by atoms with Crippen LogP contribution in [0.15, 0.2) is 23.3 Å². The maximum Gasteiger partial charge on any atom is 0.245 e. The first kappa shape index (κ1) is 9.20. The Balaban J connectivity index is 4.18. The second-order valence-electron chi connectivity index (χ2n) is 1.58. The molecule has 0 rings (SSSR count). The minimum absolute atomic E-state index is 0.135. The first-order valence-electron chi connectivity index (χ1n) is 2.68. The molecule has 0 aromatic heterocycles. The second kappa shape index (κ2) is 5.02. The van der Waals surface area contributed by atoms with Crippen LogP contribution in [-0.2, 0) is 4.79 Å². The molecule has 0 aliphatic rings. The number of primary amides is 1. The van der Waals surface area contributed by atoms with Crippen molar-refractivity contribution in [2.24, 2.45) is 11.5 Å². The summed E-state index contributed by atoms with van der Waals surface area (Å²) in [6, 6.07) is 0. The number of halogens is 1. The normalized spacial score (nSPS) is 12.4. The van der Waals surface area contributed by atoms with Gasteiger partial charge >= 0.3 is 0 Å². The van der Waals surface area contributed by atoms with Gasteiger partial charge in [-0.25, -0.2) is 0 Å². The minimum Gasteiger partial charge on any atom is -0.366 e. The Morgan fingerprint density at radius 2 is 2.20 bits per heavy atom. The summed E-state index contributed by atoms with van der Waals surface area (Å²) >= 11 is 5.19. The molecule has 0 saturated carbocycles. The van der Waals surface area contributed by atoms with Crippen molar-refractivity contribution in [2.45, 2.75) is 0 Å². The van der Waals surface area contributed by atoms with E-state index in [1.807, 2.05) is 0 Å². The largest absolute Gasteiger partial charge is 0.366 e. The average molecular weight is 161 g/mol. The number of rotatable bonds is 3. The molecule has 0 saturated heterocycles. The predicted octanol–water partition coefficient (Wildman–Crippen LogP) is 0.109. The van der Waals surface area contributed by atoms with E-state index in [4.69, 9.17) is 23.1 Å². The zero-order valence-electron chi connectivity index (χ0n) is 5.38. The average Bonchev–Trinajstić information content (AvgIpc) is 1.89. The van der Waals surface area contributed by atoms with Gasteiger partial charge in [0.15, 0.2) is 0 Å². The van der Waals surface area contributed by atoms with E-state index in [1.54, 1.807) is 0 Å². The second-order valence-corrected chi connectivity index (χ2v) is 1.83. The molecule has 0 aliphatic heterocycles. The zero-order valence-corrected chi connectivity index (χ0v) is 6.14. The summed E-state index contributed by atoms with van der Waals surface area (Å²) in [5.74, 6) is -0.516. The maximum absolute atomic E-state index is 10.4. The van der Waals surface area contributed by atoms with Crippen LogP contribution in [0.25, 0.3) is 0 Å². The van der Waals surface area contributed by atoms with Crippen molar-refractivity contribution in [3.63, 3.8) is 0 Å². The van der Waals surface area contributed by atoms with E-state index in [9.17, 15) is 4.79 Å². The van der Waals surface area contributed by atoms with Crippen molar-refractivity contribution in [1.29, 1.82) is 0 Å². The highest BCUT2D eigenvalue weighted by atomic mass is 35.5. The molecule has 56 valence electrons. The molecule has 0 unspecified atom stereocenters. The Morgan fingerprint density at radius 3 is 2.50 bits per heavy atom. The van der Waals surface area contributed by atoms with Crippen molar-refractivity contribution >= 4 is 17.5 Å². The van der Waals surface area contributed by atoms with Crippen LogP contribution in [0.3, 0.4) is 0 Å². The maximum atomic E-state index is 10.4. The Labute approximate surface area is 64.3 Å². The fourth-order valence-corrected chi connectivity index (χ4v) is 0.476. The fourth-order valence-electron chi connectivity index (χ4n) is 0.403. The van der Waals surface area contributed by atoms with Crippen molar-refractivity contribution in [1.82, 2.24) is 0 Å². The van der Waals surface area contributed by atoms with Crippen molar-refractivity contribution in [3.8, 4) is 0 Å². The van der Waals surface area contributed by atoms with Gasteiger partial charge in [0.2, 0.25) is 5.91 Å².